The average molecular weight is 333 g/mol. The zero-order valence-electron chi connectivity index (χ0n) is 11.1. The molecule has 4 nitrogen and oxygen atoms in total. The second-order valence-electron chi connectivity index (χ2n) is 5.18. The van der Waals surface area contributed by atoms with Gasteiger partial charge in [-0.15, -0.1) is 0 Å². The Kier molecular flexibility index (Phi) is 4.39. The standard InChI is InChI=1S/C13H17ClN2O2S2/c1-2-13(5-6-13)8-16-20(17,18)9-3-4-10(12(15)19)11(14)7-9/h3-4,7,16H,2,5-6,8H2,1H3,(H2,15,19). The van der Waals surface area contributed by atoms with Crippen LogP contribution in [-0.2, 0) is 10.0 Å². The first-order valence-electron chi connectivity index (χ1n) is 6.39. The molecule has 1 aliphatic carbocycles. The third-order valence-corrected chi connectivity index (χ3v) is 5.79. The number of hydrogen-bond donors (Lipinski definition) is 2. The van der Waals surface area contributed by atoms with Crippen LogP contribution in [0.1, 0.15) is 31.7 Å². The van der Waals surface area contributed by atoms with Crippen molar-refractivity contribution in [3.05, 3.63) is 28.8 Å². The van der Waals surface area contributed by atoms with Crippen LogP contribution in [0.2, 0.25) is 5.02 Å². The van der Waals surface area contributed by atoms with Crippen LogP contribution in [-0.4, -0.2) is 20.0 Å². The lowest BCUT2D eigenvalue weighted by Crippen LogP contribution is -2.30. The Hall–Kier alpha value is -0.690. The summed E-state index contributed by atoms with van der Waals surface area (Å²) in [7, 11) is -3.55. The first-order chi connectivity index (χ1) is 9.30. The Balaban J connectivity index is 2.17. The van der Waals surface area contributed by atoms with E-state index in [-0.39, 0.29) is 20.3 Å². The molecule has 1 aliphatic rings. The molecule has 2 rings (SSSR count). The molecule has 20 heavy (non-hydrogen) atoms. The fraction of sp³-hybridized carbons (Fsp3) is 0.462. The van der Waals surface area contributed by atoms with Gasteiger partial charge in [-0.2, -0.15) is 0 Å². The van der Waals surface area contributed by atoms with Gasteiger partial charge in [0.05, 0.1) is 9.92 Å². The highest BCUT2D eigenvalue weighted by Gasteiger charge is 2.41. The van der Waals surface area contributed by atoms with Gasteiger partial charge < -0.3 is 5.73 Å². The van der Waals surface area contributed by atoms with Crippen LogP contribution in [0, 0.1) is 5.41 Å². The normalized spacial score (nSPS) is 16.9. The van der Waals surface area contributed by atoms with Crippen molar-refractivity contribution in [1.82, 2.24) is 4.72 Å². The minimum Gasteiger partial charge on any atom is -0.389 e. The van der Waals surface area contributed by atoms with Gasteiger partial charge in [-0.1, -0.05) is 30.7 Å². The molecule has 0 bridgehead atoms. The Bertz CT molecular complexity index is 640. The summed E-state index contributed by atoms with van der Waals surface area (Å²) in [5, 5.41) is 0.247. The molecule has 7 heteroatoms. The molecular weight excluding hydrogens is 316 g/mol. The number of hydrogen-bond acceptors (Lipinski definition) is 3. The van der Waals surface area contributed by atoms with Crippen molar-refractivity contribution in [2.24, 2.45) is 11.1 Å². The van der Waals surface area contributed by atoms with Gasteiger partial charge in [0.15, 0.2) is 0 Å². The molecule has 0 aromatic heterocycles. The lowest BCUT2D eigenvalue weighted by molar-refractivity contribution is 0.475. The monoisotopic (exact) mass is 332 g/mol. The van der Waals surface area contributed by atoms with Gasteiger partial charge in [0, 0.05) is 12.1 Å². The number of thiocarbonyl (C=S) groups is 1. The van der Waals surface area contributed by atoms with Gasteiger partial charge in [-0.05, 0) is 42.9 Å². The number of nitrogens with one attached hydrogen (secondary N) is 1. The lowest BCUT2D eigenvalue weighted by Gasteiger charge is -2.14. The predicted octanol–water partition coefficient (Wildman–Crippen LogP) is 2.44. The Morgan fingerprint density at radius 3 is 2.60 bits per heavy atom. The Morgan fingerprint density at radius 1 is 1.50 bits per heavy atom. The van der Waals surface area contributed by atoms with Crippen molar-refractivity contribution in [3.8, 4) is 0 Å². The van der Waals surface area contributed by atoms with Crippen LogP contribution in [0.5, 0.6) is 0 Å². The van der Waals surface area contributed by atoms with E-state index < -0.39 is 10.0 Å². The number of benzene rings is 1. The maximum Gasteiger partial charge on any atom is 0.240 e. The molecule has 1 aromatic rings. The molecule has 110 valence electrons. The summed E-state index contributed by atoms with van der Waals surface area (Å²) in [6, 6.07) is 4.38. The van der Waals surface area contributed by atoms with E-state index in [0.717, 1.165) is 19.3 Å². The molecule has 0 amide bonds. The van der Waals surface area contributed by atoms with Gasteiger partial charge in [0.2, 0.25) is 10.0 Å². The van der Waals surface area contributed by atoms with E-state index in [1.165, 1.54) is 18.2 Å². The van der Waals surface area contributed by atoms with Crippen molar-refractivity contribution in [2.75, 3.05) is 6.54 Å². The van der Waals surface area contributed by atoms with E-state index in [1.807, 2.05) is 0 Å². The smallest absolute Gasteiger partial charge is 0.240 e. The van der Waals surface area contributed by atoms with Crippen LogP contribution < -0.4 is 10.5 Å². The molecule has 3 N–H and O–H groups in total. The minimum absolute atomic E-state index is 0.134. The molecule has 0 saturated heterocycles. The molecule has 1 aromatic carbocycles. The second kappa shape index (κ2) is 5.60. The fourth-order valence-corrected chi connectivity index (χ4v) is 3.79. The van der Waals surface area contributed by atoms with Gasteiger partial charge in [0.25, 0.3) is 0 Å². The molecule has 1 saturated carbocycles. The number of nitrogens with two attached hydrogens (primary N) is 1. The summed E-state index contributed by atoms with van der Waals surface area (Å²) in [5.74, 6) is 0. The maximum absolute atomic E-state index is 12.2. The Morgan fingerprint density at radius 2 is 2.15 bits per heavy atom. The van der Waals surface area contributed by atoms with Crippen LogP contribution in [0.25, 0.3) is 0 Å². The summed E-state index contributed by atoms with van der Waals surface area (Å²) in [6.45, 7) is 2.55. The summed E-state index contributed by atoms with van der Waals surface area (Å²) < 4.78 is 27.1. The quantitative estimate of drug-likeness (QED) is 0.785. The van der Waals surface area contributed by atoms with Crippen LogP contribution >= 0.6 is 23.8 Å². The third kappa shape index (κ3) is 3.31. The summed E-state index contributed by atoms with van der Waals surface area (Å²) in [4.78, 5) is 0.282. The number of halogens is 1. The predicted molar refractivity (Wildman–Crippen MR) is 84.5 cm³/mol. The topological polar surface area (TPSA) is 72.2 Å². The molecule has 0 unspecified atom stereocenters. The highest BCUT2D eigenvalue weighted by molar-refractivity contribution is 7.89. The van der Waals surface area contributed by atoms with E-state index in [0.29, 0.717) is 12.1 Å². The van der Waals surface area contributed by atoms with E-state index in [4.69, 9.17) is 29.6 Å². The van der Waals surface area contributed by atoms with E-state index in [9.17, 15) is 8.42 Å². The highest BCUT2D eigenvalue weighted by atomic mass is 35.5. The van der Waals surface area contributed by atoms with E-state index in [2.05, 4.69) is 11.6 Å². The largest absolute Gasteiger partial charge is 0.389 e. The first-order valence-corrected chi connectivity index (χ1v) is 8.66. The summed E-state index contributed by atoms with van der Waals surface area (Å²) in [6.07, 6.45) is 3.14. The average Bonchev–Trinajstić information content (AvgIpc) is 3.16. The van der Waals surface area contributed by atoms with Gasteiger partial charge >= 0.3 is 0 Å². The summed E-state index contributed by atoms with van der Waals surface area (Å²) >= 11 is 10.8. The highest BCUT2D eigenvalue weighted by Crippen LogP contribution is 2.48. The third-order valence-electron chi connectivity index (χ3n) is 3.86. The van der Waals surface area contributed by atoms with Crippen LogP contribution in [0.4, 0.5) is 0 Å². The molecule has 0 radical (unpaired) electrons. The van der Waals surface area contributed by atoms with Gasteiger partial charge in [-0.25, -0.2) is 13.1 Å². The number of rotatable bonds is 6. The maximum atomic E-state index is 12.2. The minimum atomic E-state index is -3.55. The van der Waals surface area contributed by atoms with Crippen LogP contribution in [0.15, 0.2) is 23.1 Å². The lowest BCUT2D eigenvalue weighted by atomic mass is 10.1. The zero-order chi connectivity index (χ0) is 15.0. The van der Waals surface area contributed by atoms with Gasteiger partial charge in [-0.3, -0.25) is 0 Å². The van der Waals surface area contributed by atoms with Gasteiger partial charge in [0.1, 0.15) is 4.99 Å². The second-order valence-corrected chi connectivity index (χ2v) is 7.80. The molecule has 1 fully saturated rings. The molecule has 0 atom stereocenters. The van der Waals surface area contributed by atoms with Crippen molar-refractivity contribution >= 4 is 38.8 Å². The fourth-order valence-electron chi connectivity index (χ4n) is 2.03. The molecule has 0 heterocycles. The molecule has 0 aliphatic heterocycles. The Labute approximate surface area is 129 Å². The van der Waals surface area contributed by atoms with Crippen LogP contribution in [0.3, 0.4) is 0 Å². The van der Waals surface area contributed by atoms with E-state index in [1.54, 1.807) is 0 Å². The van der Waals surface area contributed by atoms with Crippen molar-refractivity contribution in [1.29, 1.82) is 0 Å². The van der Waals surface area contributed by atoms with Crippen molar-refractivity contribution in [3.63, 3.8) is 0 Å². The zero-order valence-corrected chi connectivity index (χ0v) is 13.5. The van der Waals surface area contributed by atoms with E-state index >= 15 is 0 Å². The number of sulfonamides is 1. The molecular formula is C13H17ClN2O2S2. The summed E-state index contributed by atoms with van der Waals surface area (Å²) in [5.41, 5.74) is 6.13. The SMILES string of the molecule is CCC1(CNS(=O)(=O)c2ccc(C(N)=S)c(Cl)c2)CC1. The first kappa shape index (κ1) is 15.7. The van der Waals surface area contributed by atoms with Crippen molar-refractivity contribution < 1.29 is 8.42 Å². The van der Waals surface area contributed by atoms with Crippen molar-refractivity contribution in [2.45, 2.75) is 31.1 Å². The molecule has 0 spiro atoms.